The highest BCUT2D eigenvalue weighted by atomic mass is 16.2. The lowest BCUT2D eigenvalue weighted by Crippen LogP contribution is -2.42. The molecule has 162 valence electrons. The molecule has 0 aliphatic carbocycles. The maximum absolute atomic E-state index is 12.8. The van der Waals surface area contributed by atoms with Crippen molar-refractivity contribution in [3.8, 4) is 0 Å². The van der Waals surface area contributed by atoms with Gasteiger partial charge < -0.3 is 15.1 Å². The molecule has 8 heteroatoms. The smallest absolute Gasteiger partial charge is 0.326 e. The van der Waals surface area contributed by atoms with Gasteiger partial charge in [0, 0.05) is 43.9 Å². The number of aryl methyl sites for hydroxylation is 1. The Bertz CT molecular complexity index is 854. The Labute approximate surface area is 177 Å². The Hall–Kier alpha value is -2.90. The van der Waals surface area contributed by atoms with Gasteiger partial charge in [0.2, 0.25) is 11.8 Å². The second-order valence-corrected chi connectivity index (χ2v) is 8.21. The van der Waals surface area contributed by atoms with Gasteiger partial charge in [-0.3, -0.25) is 19.3 Å². The standard InChI is InChI=1S/C22H30N4O4/c1-15-13-17(21(29)25-11-5-4-7-16(25)2)9-10-18(15)23-19(27)8-6-12-26-20(28)14-24(3)22(26)30/h9-10,13,16H,4-8,11-12,14H2,1-3H3,(H,23,27). The number of nitrogens with zero attached hydrogens (tertiary/aromatic N) is 3. The Morgan fingerprint density at radius 2 is 1.97 bits per heavy atom. The van der Waals surface area contributed by atoms with E-state index in [0.29, 0.717) is 17.7 Å². The third-order valence-electron chi connectivity index (χ3n) is 5.83. The maximum Gasteiger partial charge on any atom is 0.326 e. The fourth-order valence-electron chi connectivity index (χ4n) is 4.00. The molecule has 2 saturated heterocycles. The van der Waals surface area contributed by atoms with Crippen molar-refractivity contribution in [1.29, 1.82) is 0 Å². The predicted molar refractivity (Wildman–Crippen MR) is 113 cm³/mol. The molecule has 5 amide bonds. The van der Waals surface area contributed by atoms with Gasteiger partial charge in [0.15, 0.2) is 0 Å². The van der Waals surface area contributed by atoms with E-state index >= 15 is 0 Å². The summed E-state index contributed by atoms with van der Waals surface area (Å²) >= 11 is 0. The maximum atomic E-state index is 12.8. The number of hydrogen-bond acceptors (Lipinski definition) is 4. The van der Waals surface area contributed by atoms with E-state index in [1.165, 1.54) is 9.80 Å². The molecule has 2 aliphatic rings. The van der Waals surface area contributed by atoms with Crippen molar-refractivity contribution in [3.63, 3.8) is 0 Å². The lowest BCUT2D eigenvalue weighted by molar-refractivity contribution is -0.125. The zero-order chi connectivity index (χ0) is 21.8. The number of amides is 5. The van der Waals surface area contributed by atoms with Crippen LogP contribution in [0.15, 0.2) is 18.2 Å². The second-order valence-electron chi connectivity index (χ2n) is 8.21. The molecule has 2 aliphatic heterocycles. The third kappa shape index (κ3) is 4.80. The van der Waals surface area contributed by atoms with Gasteiger partial charge in [0.05, 0.1) is 0 Å². The van der Waals surface area contributed by atoms with Crippen molar-refractivity contribution in [3.05, 3.63) is 29.3 Å². The van der Waals surface area contributed by atoms with Crippen molar-refractivity contribution < 1.29 is 19.2 Å². The third-order valence-corrected chi connectivity index (χ3v) is 5.83. The van der Waals surface area contributed by atoms with Crippen LogP contribution in [0.5, 0.6) is 0 Å². The van der Waals surface area contributed by atoms with Crippen LogP contribution in [0, 0.1) is 6.92 Å². The van der Waals surface area contributed by atoms with E-state index in [2.05, 4.69) is 12.2 Å². The number of benzene rings is 1. The monoisotopic (exact) mass is 414 g/mol. The van der Waals surface area contributed by atoms with E-state index in [9.17, 15) is 19.2 Å². The molecule has 1 aromatic carbocycles. The lowest BCUT2D eigenvalue weighted by Gasteiger charge is -2.33. The van der Waals surface area contributed by atoms with Crippen LogP contribution in [0.25, 0.3) is 0 Å². The van der Waals surface area contributed by atoms with Gasteiger partial charge in [-0.05, 0) is 63.3 Å². The minimum atomic E-state index is -0.320. The number of imide groups is 1. The second kappa shape index (κ2) is 9.28. The molecule has 0 saturated carbocycles. The van der Waals surface area contributed by atoms with Gasteiger partial charge in [0.25, 0.3) is 5.91 Å². The Morgan fingerprint density at radius 3 is 2.60 bits per heavy atom. The highest BCUT2D eigenvalue weighted by Crippen LogP contribution is 2.22. The first-order valence-corrected chi connectivity index (χ1v) is 10.5. The Morgan fingerprint density at radius 1 is 1.20 bits per heavy atom. The highest BCUT2D eigenvalue weighted by Gasteiger charge is 2.32. The zero-order valence-corrected chi connectivity index (χ0v) is 17.9. The van der Waals surface area contributed by atoms with Gasteiger partial charge in [0.1, 0.15) is 6.54 Å². The number of piperidine rings is 1. The molecule has 2 heterocycles. The van der Waals surface area contributed by atoms with Crippen LogP contribution in [-0.2, 0) is 9.59 Å². The minimum absolute atomic E-state index is 0.0353. The number of nitrogens with one attached hydrogen (secondary N) is 1. The molecular weight excluding hydrogens is 384 g/mol. The molecular formula is C22H30N4O4. The highest BCUT2D eigenvalue weighted by molar-refractivity contribution is 6.02. The van der Waals surface area contributed by atoms with Crippen LogP contribution in [0.1, 0.15) is 54.9 Å². The topological polar surface area (TPSA) is 90.0 Å². The molecule has 1 aromatic rings. The average Bonchev–Trinajstić information content (AvgIpc) is 2.95. The van der Waals surface area contributed by atoms with Crippen molar-refractivity contribution >= 4 is 29.4 Å². The number of urea groups is 1. The van der Waals surface area contributed by atoms with Crippen LogP contribution in [0.4, 0.5) is 10.5 Å². The first-order valence-electron chi connectivity index (χ1n) is 10.5. The van der Waals surface area contributed by atoms with Gasteiger partial charge in [-0.25, -0.2) is 4.79 Å². The number of likely N-dealkylation sites (tertiary alicyclic amines) is 1. The zero-order valence-electron chi connectivity index (χ0n) is 17.9. The molecule has 0 radical (unpaired) electrons. The molecule has 30 heavy (non-hydrogen) atoms. The summed E-state index contributed by atoms with van der Waals surface area (Å²) in [5.41, 5.74) is 2.12. The molecule has 1 N–H and O–H groups in total. The van der Waals surface area contributed by atoms with E-state index in [4.69, 9.17) is 0 Å². The fraction of sp³-hybridized carbons (Fsp3) is 0.545. The van der Waals surface area contributed by atoms with Crippen molar-refractivity contribution in [1.82, 2.24) is 14.7 Å². The summed E-state index contributed by atoms with van der Waals surface area (Å²) in [6, 6.07) is 5.26. The summed E-state index contributed by atoms with van der Waals surface area (Å²) in [6.07, 6.45) is 3.83. The van der Waals surface area contributed by atoms with Crippen molar-refractivity contribution in [2.45, 2.75) is 52.0 Å². The SMILES string of the molecule is Cc1cc(C(=O)N2CCCCC2C)ccc1NC(=O)CCCN1C(=O)CN(C)C1=O. The number of likely N-dealkylation sites (N-methyl/N-ethyl adjacent to an activating group) is 1. The molecule has 0 aromatic heterocycles. The van der Waals surface area contributed by atoms with E-state index in [0.717, 1.165) is 31.4 Å². The summed E-state index contributed by atoms with van der Waals surface area (Å²) in [4.78, 5) is 53.2. The molecule has 1 atom stereocenters. The van der Waals surface area contributed by atoms with Gasteiger partial charge in [-0.2, -0.15) is 0 Å². The van der Waals surface area contributed by atoms with Crippen LogP contribution in [0.2, 0.25) is 0 Å². The van der Waals surface area contributed by atoms with Gasteiger partial charge in [-0.15, -0.1) is 0 Å². The van der Waals surface area contributed by atoms with Crippen molar-refractivity contribution in [2.75, 3.05) is 32.0 Å². The first kappa shape index (κ1) is 21.8. The predicted octanol–water partition coefficient (Wildman–Crippen LogP) is 2.62. The summed E-state index contributed by atoms with van der Waals surface area (Å²) < 4.78 is 0. The summed E-state index contributed by atoms with van der Waals surface area (Å²) in [7, 11) is 1.58. The quantitative estimate of drug-likeness (QED) is 0.725. The molecule has 3 rings (SSSR count). The molecule has 0 bridgehead atoms. The first-order chi connectivity index (χ1) is 14.3. The Balaban J connectivity index is 1.53. The number of carbonyl (C=O) groups excluding carboxylic acids is 4. The molecule has 8 nitrogen and oxygen atoms in total. The molecule has 1 unspecified atom stereocenters. The van der Waals surface area contributed by atoms with Crippen LogP contribution >= 0.6 is 0 Å². The van der Waals surface area contributed by atoms with E-state index in [-0.39, 0.29) is 49.3 Å². The average molecular weight is 415 g/mol. The number of anilines is 1. The summed E-state index contributed by atoms with van der Waals surface area (Å²) in [5.74, 6) is -0.385. The summed E-state index contributed by atoms with van der Waals surface area (Å²) in [5, 5.41) is 2.86. The largest absolute Gasteiger partial charge is 0.336 e. The lowest BCUT2D eigenvalue weighted by atomic mass is 10.0. The Kier molecular flexibility index (Phi) is 6.74. The van der Waals surface area contributed by atoms with E-state index in [1.807, 2.05) is 17.9 Å². The van der Waals surface area contributed by atoms with E-state index < -0.39 is 0 Å². The van der Waals surface area contributed by atoms with E-state index in [1.54, 1.807) is 19.2 Å². The van der Waals surface area contributed by atoms with Crippen LogP contribution in [0.3, 0.4) is 0 Å². The molecule has 2 fully saturated rings. The van der Waals surface area contributed by atoms with Crippen LogP contribution < -0.4 is 5.32 Å². The van der Waals surface area contributed by atoms with Crippen molar-refractivity contribution in [2.24, 2.45) is 0 Å². The minimum Gasteiger partial charge on any atom is -0.336 e. The van der Waals surface area contributed by atoms with Gasteiger partial charge in [-0.1, -0.05) is 0 Å². The number of carbonyl (C=O) groups is 4. The van der Waals surface area contributed by atoms with Gasteiger partial charge >= 0.3 is 6.03 Å². The normalized spacial score (nSPS) is 19.4. The molecule has 0 spiro atoms. The number of hydrogen-bond donors (Lipinski definition) is 1. The van der Waals surface area contributed by atoms with Crippen LogP contribution in [-0.4, -0.2) is 71.2 Å². The summed E-state index contributed by atoms with van der Waals surface area (Å²) in [6.45, 7) is 5.06. The number of rotatable bonds is 6. The fourth-order valence-corrected chi connectivity index (χ4v) is 4.00.